The van der Waals surface area contributed by atoms with Crippen LogP contribution in [0.4, 0.5) is 10.8 Å². The van der Waals surface area contributed by atoms with Crippen molar-refractivity contribution in [3.05, 3.63) is 101 Å². The fourth-order valence-electron chi connectivity index (χ4n) is 2.83. The van der Waals surface area contributed by atoms with Gasteiger partial charge in [0.1, 0.15) is 15.7 Å². The number of aromatic nitrogens is 1. The molecule has 0 saturated carbocycles. The summed E-state index contributed by atoms with van der Waals surface area (Å²) < 4.78 is 31.3. The number of nitrogens with one attached hydrogen (secondary N) is 1. The molecule has 1 N–H and O–H groups in total. The molecule has 33 heavy (non-hydrogen) atoms. The zero-order chi connectivity index (χ0) is 23.4. The van der Waals surface area contributed by atoms with E-state index in [-0.39, 0.29) is 25.5 Å². The van der Waals surface area contributed by atoms with Crippen molar-refractivity contribution in [1.29, 1.82) is 0 Å². The summed E-state index contributed by atoms with van der Waals surface area (Å²) in [5.41, 5.74) is 0.0268. The normalized spacial score (nSPS) is 11.0. The van der Waals surface area contributed by atoms with Crippen LogP contribution in [0, 0.1) is 10.1 Å². The van der Waals surface area contributed by atoms with Crippen molar-refractivity contribution in [2.24, 2.45) is 0 Å². The molecule has 1 amide bonds. The number of nitrogens with zero attached hydrogens (tertiary/aromatic N) is 2. The van der Waals surface area contributed by atoms with E-state index in [4.69, 9.17) is 4.74 Å². The predicted molar refractivity (Wildman–Crippen MR) is 122 cm³/mol. The van der Waals surface area contributed by atoms with E-state index >= 15 is 0 Å². The fraction of sp³-hybridized carbons (Fsp3) is 0. The standard InChI is InChI=1S/C22H15N3O6S2/c26-21(18-8-4-5-9-19(18)31-16-6-2-1-3-7-16)24-22-23-14-20(32-22)33(29,30)17-12-10-15(11-13-17)25(27)28/h1-14H,(H,23,24,26). The Morgan fingerprint density at radius 2 is 1.64 bits per heavy atom. The molecule has 4 aromatic rings. The molecule has 0 bridgehead atoms. The molecule has 1 heterocycles. The summed E-state index contributed by atoms with van der Waals surface area (Å²) in [5, 5.41) is 13.4. The summed E-state index contributed by atoms with van der Waals surface area (Å²) in [7, 11) is -3.95. The van der Waals surface area contributed by atoms with E-state index in [0.717, 1.165) is 41.8 Å². The van der Waals surface area contributed by atoms with Crippen LogP contribution in [-0.2, 0) is 9.84 Å². The molecule has 0 atom stereocenters. The van der Waals surface area contributed by atoms with Crippen molar-refractivity contribution in [2.45, 2.75) is 9.10 Å². The second-order valence-corrected chi connectivity index (χ2v) is 9.81. The van der Waals surface area contributed by atoms with Gasteiger partial charge in [0.05, 0.1) is 21.6 Å². The molecule has 0 saturated heterocycles. The Bertz CT molecular complexity index is 1420. The van der Waals surface area contributed by atoms with Crippen LogP contribution in [0.25, 0.3) is 0 Å². The first-order chi connectivity index (χ1) is 15.8. The third-order valence-corrected chi connectivity index (χ3v) is 7.57. The second-order valence-electron chi connectivity index (χ2n) is 6.60. The van der Waals surface area contributed by atoms with Gasteiger partial charge in [0, 0.05) is 12.1 Å². The SMILES string of the molecule is O=C(Nc1ncc(S(=O)(=O)c2ccc([N+](=O)[O-])cc2)s1)c1ccccc1Oc1ccccc1. The van der Waals surface area contributed by atoms with E-state index in [2.05, 4.69) is 10.3 Å². The van der Waals surface area contributed by atoms with E-state index in [0.29, 0.717) is 11.5 Å². The van der Waals surface area contributed by atoms with E-state index in [1.54, 1.807) is 48.5 Å². The van der Waals surface area contributed by atoms with Gasteiger partial charge in [-0.1, -0.05) is 41.7 Å². The van der Waals surface area contributed by atoms with Crippen molar-refractivity contribution in [2.75, 3.05) is 5.32 Å². The van der Waals surface area contributed by atoms with Crippen LogP contribution in [0.5, 0.6) is 11.5 Å². The minimum absolute atomic E-state index is 0.0787. The van der Waals surface area contributed by atoms with Crippen LogP contribution in [-0.4, -0.2) is 24.2 Å². The van der Waals surface area contributed by atoms with Gasteiger partial charge in [0.15, 0.2) is 5.13 Å². The first kappa shape index (κ1) is 22.1. The molecule has 0 aliphatic carbocycles. The largest absolute Gasteiger partial charge is 0.457 e. The molecule has 0 fully saturated rings. The predicted octanol–water partition coefficient (Wildman–Crippen LogP) is 4.93. The molecule has 0 aliphatic rings. The number of amides is 1. The highest BCUT2D eigenvalue weighted by Gasteiger charge is 2.23. The van der Waals surface area contributed by atoms with Crippen LogP contribution < -0.4 is 10.1 Å². The molecule has 166 valence electrons. The number of sulfone groups is 1. The lowest BCUT2D eigenvalue weighted by Crippen LogP contribution is -2.12. The quantitative estimate of drug-likeness (QED) is 0.293. The van der Waals surface area contributed by atoms with Crippen molar-refractivity contribution >= 4 is 37.9 Å². The molecule has 0 unspecified atom stereocenters. The van der Waals surface area contributed by atoms with Crippen LogP contribution >= 0.6 is 11.3 Å². The number of carbonyl (C=O) groups excluding carboxylic acids is 1. The molecule has 0 spiro atoms. The third kappa shape index (κ3) is 4.89. The number of nitro benzene ring substituents is 1. The van der Waals surface area contributed by atoms with Crippen molar-refractivity contribution in [3.8, 4) is 11.5 Å². The summed E-state index contributed by atoms with van der Waals surface area (Å²) in [6, 6.07) is 20.1. The van der Waals surface area contributed by atoms with E-state index in [1.807, 2.05) is 6.07 Å². The van der Waals surface area contributed by atoms with Gasteiger partial charge >= 0.3 is 0 Å². The number of non-ortho nitro benzene ring substituents is 1. The average Bonchev–Trinajstić information content (AvgIpc) is 3.29. The Balaban J connectivity index is 1.53. The van der Waals surface area contributed by atoms with Crippen LogP contribution in [0.1, 0.15) is 10.4 Å². The monoisotopic (exact) mass is 481 g/mol. The van der Waals surface area contributed by atoms with Gasteiger partial charge in [-0.2, -0.15) is 0 Å². The lowest BCUT2D eigenvalue weighted by atomic mass is 10.2. The van der Waals surface area contributed by atoms with Crippen molar-refractivity contribution < 1.29 is 22.9 Å². The smallest absolute Gasteiger partial charge is 0.269 e. The second kappa shape index (κ2) is 9.18. The number of anilines is 1. The Morgan fingerprint density at radius 3 is 2.33 bits per heavy atom. The van der Waals surface area contributed by atoms with E-state index < -0.39 is 20.7 Å². The number of benzene rings is 3. The Hall–Kier alpha value is -4.09. The number of hydrogen-bond acceptors (Lipinski definition) is 8. The number of thiazole rings is 1. The highest BCUT2D eigenvalue weighted by atomic mass is 32.2. The van der Waals surface area contributed by atoms with E-state index in [1.165, 1.54) is 0 Å². The molecule has 4 rings (SSSR count). The molecule has 3 aromatic carbocycles. The lowest BCUT2D eigenvalue weighted by Gasteiger charge is -2.10. The minimum Gasteiger partial charge on any atom is -0.457 e. The number of ether oxygens (including phenoxy) is 1. The molecule has 0 aliphatic heterocycles. The molecule has 9 nitrogen and oxygen atoms in total. The fourth-order valence-corrected chi connectivity index (χ4v) is 5.26. The van der Waals surface area contributed by atoms with Gasteiger partial charge in [-0.05, 0) is 36.4 Å². The maximum Gasteiger partial charge on any atom is 0.269 e. The summed E-state index contributed by atoms with van der Waals surface area (Å²) in [5.74, 6) is 0.370. The van der Waals surface area contributed by atoms with Crippen LogP contribution in [0.2, 0.25) is 0 Å². The molecule has 11 heteroatoms. The maximum absolute atomic E-state index is 12.8. The molecular weight excluding hydrogens is 466 g/mol. The number of nitro groups is 1. The zero-order valence-electron chi connectivity index (χ0n) is 16.7. The van der Waals surface area contributed by atoms with Gasteiger partial charge in [0.2, 0.25) is 9.84 Å². The topological polar surface area (TPSA) is 128 Å². The lowest BCUT2D eigenvalue weighted by molar-refractivity contribution is -0.384. The van der Waals surface area contributed by atoms with E-state index in [9.17, 15) is 23.3 Å². The number of rotatable bonds is 7. The highest BCUT2D eigenvalue weighted by Crippen LogP contribution is 2.31. The Kier molecular flexibility index (Phi) is 6.16. The van der Waals surface area contributed by atoms with Crippen LogP contribution in [0.15, 0.2) is 94.2 Å². The molecule has 0 radical (unpaired) electrons. The summed E-state index contributed by atoms with van der Waals surface area (Å²) in [6.45, 7) is 0. The number of para-hydroxylation sites is 2. The maximum atomic E-state index is 12.8. The first-order valence-electron chi connectivity index (χ1n) is 9.43. The van der Waals surface area contributed by atoms with Gasteiger partial charge in [-0.15, -0.1) is 0 Å². The van der Waals surface area contributed by atoms with Gasteiger partial charge in [-0.3, -0.25) is 20.2 Å². The minimum atomic E-state index is -3.95. The summed E-state index contributed by atoms with van der Waals surface area (Å²) >= 11 is 0.772. The number of hydrogen-bond donors (Lipinski definition) is 1. The highest BCUT2D eigenvalue weighted by molar-refractivity contribution is 7.93. The third-order valence-electron chi connectivity index (χ3n) is 4.43. The summed E-state index contributed by atoms with van der Waals surface area (Å²) in [6.07, 6.45) is 1.13. The molecular formula is C22H15N3O6S2. The van der Waals surface area contributed by atoms with Crippen LogP contribution in [0.3, 0.4) is 0 Å². The first-order valence-corrected chi connectivity index (χ1v) is 11.7. The van der Waals surface area contributed by atoms with Gasteiger partial charge < -0.3 is 4.74 Å². The van der Waals surface area contributed by atoms with Crippen molar-refractivity contribution in [1.82, 2.24) is 4.98 Å². The van der Waals surface area contributed by atoms with Gasteiger partial charge in [-0.25, -0.2) is 13.4 Å². The van der Waals surface area contributed by atoms with Gasteiger partial charge in [0.25, 0.3) is 11.6 Å². The average molecular weight is 482 g/mol. The Labute approximate surface area is 192 Å². The summed E-state index contributed by atoms with van der Waals surface area (Å²) in [4.78, 5) is 26.9. The zero-order valence-corrected chi connectivity index (χ0v) is 18.4. The number of carbonyl (C=O) groups is 1. The molecule has 1 aromatic heterocycles. The Morgan fingerprint density at radius 1 is 0.970 bits per heavy atom. The van der Waals surface area contributed by atoms with Crippen molar-refractivity contribution in [3.63, 3.8) is 0 Å².